The zero-order valence-electron chi connectivity index (χ0n) is 10.1. The molecule has 1 aromatic rings. The number of nitrogens with zero attached hydrogens (tertiary/aromatic N) is 2. The minimum Gasteiger partial charge on any atom is -0.362 e. The molecule has 0 aromatic carbocycles. The van der Waals surface area contributed by atoms with E-state index in [-0.39, 0.29) is 11.7 Å². The van der Waals surface area contributed by atoms with Crippen LogP contribution in [0.5, 0.6) is 0 Å². The van der Waals surface area contributed by atoms with Crippen molar-refractivity contribution < 1.29 is 4.92 Å². The number of hydrogen-bond acceptors (Lipinski definition) is 4. The molecule has 1 heterocycles. The van der Waals surface area contributed by atoms with E-state index in [0.29, 0.717) is 5.82 Å². The van der Waals surface area contributed by atoms with Crippen LogP contribution < -0.4 is 5.32 Å². The highest BCUT2D eigenvalue weighted by molar-refractivity contribution is 5.56. The van der Waals surface area contributed by atoms with Gasteiger partial charge in [-0.2, -0.15) is 0 Å². The van der Waals surface area contributed by atoms with Gasteiger partial charge >= 0.3 is 5.69 Å². The van der Waals surface area contributed by atoms with Gasteiger partial charge in [0.05, 0.1) is 4.92 Å². The third-order valence-corrected chi connectivity index (χ3v) is 2.98. The first kappa shape index (κ1) is 11.8. The van der Waals surface area contributed by atoms with E-state index in [9.17, 15) is 10.1 Å². The molecule has 0 saturated heterocycles. The summed E-state index contributed by atoms with van der Waals surface area (Å²) in [4.78, 5) is 14.7. The predicted octanol–water partition coefficient (Wildman–Crippen LogP) is 2.90. The van der Waals surface area contributed by atoms with Crippen molar-refractivity contribution in [3.63, 3.8) is 0 Å². The van der Waals surface area contributed by atoms with E-state index in [1.54, 1.807) is 6.07 Å². The molecule has 1 saturated carbocycles. The summed E-state index contributed by atoms with van der Waals surface area (Å²) in [6, 6.07) is 3.40. The number of nitrogens with one attached hydrogen (secondary N) is 1. The van der Waals surface area contributed by atoms with Gasteiger partial charge in [-0.1, -0.05) is 12.8 Å². The van der Waals surface area contributed by atoms with Crippen molar-refractivity contribution >= 4 is 11.5 Å². The van der Waals surface area contributed by atoms with Crippen LogP contribution in [-0.4, -0.2) is 15.9 Å². The summed E-state index contributed by atoms with van der Waals surface area (Å²) in [6.07, 6.45) is 3.64. The van der Waals surface area contributed by atoms with Gasteiger partial charge in [-0.3, -0.25) is 10.1 Å². The fraction of sp³-hybridized carbons (Fsp3) is 0.583. The summed E-state index contributed by atoms with van der Waals surface area (Å²) in [5, 5.41) is 14.0. The lowest BCUT2D eigenvalue weighted by Crippen LogP contribution is -2.17. The Morgan fingerprint density at radius 3 is 2.88 bits per heavy atom. The third kappa shape index (κ3) is 3.15. The molecule has 1 aromatic heterocycles. The van der Waals surface area contributed by atoms with Crippen LogP contribution in [0.4, 0.5) is 11.5 Å². The second kappa shape index (κ2) is 4.69. The molecule has 1 aliphatic carbocycles. The van der Waals surface area contributed by atoms with Gasteiger partial charge in [-0.15, -0.1) is 0 Å². The molecular weight excluding hydrogens is 218 g/mol. The fourth-order valence-corrected chi connectivity index (χ4v) is 1.95. The van der Waals surface area contributed by atoms with Crippen LogP contribution in [-0.2, 0) is 0 Å². The first-order valence-corrected chi connectivity index (χ1v) is 5.95. The maximum atomic E-state index is 10.9. The van der Waals surface area contributed by atoms with Gasteiger partial charge in [0.15, 0.2) is 0 Å². The molecule has 0 bridgehead atoms. The molecule has 0 aliphatic heterocycles. The average Bonchev–Trinajstić information content (AvgIpc) is 3.00. The van der Waals surface area contributed by atoms with Crippen LogP contribution in [0.15, 0.2) is 12.1 Å². The minimum absolute atomic E-state index is 0.0539. The van der Waals surface area contributed by atoms with E-state index >= 15 is 0 Å². The molecule has 0 amide bonds. The summed E-state index contributed by atoms with van der Waals surface area (Å²) < 4.78 is 0. The third-order valence-electron chi connectivity index (χ3n) is 2.98. The van der Waals surface area contributed by atoms with E-state index in [0.717, 1.165) is 18.0 Å². The molecule has 17 heavy (non-hydrogen) atoms. The Morgan fingerprint density at radius 1 is 1.59 bits per heavy atom. The van der Waals surface area contributed by atoms with Crippen molar-refractivity contribution in [2.24, 2.45) is 5.92 Å². The van der Waals surface area contributed by atoms with Crippen molar-refractivity contribution in [1.82, 2.24) is 4.98 Å². The summed E-state index contributed by atoms with van der Waals surface area (Å²) in [6.45, 7) is 3.88. The number of hydrogen-bond donors (Lipinski definition) is 1. The Hall–Kier alpha value is -1.65. The quantitative estimate of drug-likeness (QED) is 0.629. The van der Waals surface area contributed by atoms with Crippen molar-refractivity contribution in [2.45, 2.75) is 39.2 Å². The van der Waals surface area contributed by atoms with E-state index in [4.69, 9.17) is 0 Å². The van der Waals surface area contributed by atoms with Crippen LogP contribution in [0.3, 0.4) is 0 Å². The molecule has 2 rings (SSSR count). The lowest BCUT2D eigenvalue weighted by Gasteiger charge is -2.14. The largest absolute Gasteiger partial charge is 0.362 e. The number of aromatic nitrogens is 1. The lowest BCUT2D eigenvalue weighted by molar-refractivity contribution is -0.384. The molecule has 0 spiro atoms. The van der Waals surface area contributed by atoms with Crippen LogP contribution in [0.1, 0.15) is 31.9 Å². The standard InChI is InChI=1S/C12H17N3O2/c1-8-3-6-11(15(16)17)12(13-8)14-9(2)7-10-4-5-10/h3,6,9-10H,4-5,7H2,1-2H3,(H,13,14). The maximum Gasteiger partial charge on any atom is 0.311 e. The van der Waals surface area contributed by atoms with E-state index in [2.05, 4.69) is 10.3 Å². The first-order valence-electron chi connectivity index (χ1n) is 5.95. The van der Waals surface area contributed by atoms with E-state index in [1.165, 1.54) is 18.9 Å². The van der Waals surface area contributed by atoms with Gasteiger partial charge in [0, 0.05) is 17.8 Å². The predicted molar refractivity (Wildman–Crippen MR) is 66.1 cm³/mol. The summed E-state index contributed by atoms with van der Waals surface area (Å²) in [5.41, 5.74) is 0.843. The second-order valence-electron chi connectivity index (χ2n) is 4.80. The molecule has 1 N–H and O–H groups in total. The number of pyridine rings is 1. The topological polar surface area (TPSA) is 68.1 Å². The van der Waals surface area contributed by atoms with Crippen LogP contribution in [0.2, 0.25) is 0 Å². The van der Waals surface area contributed by atoms with E-state index < -0.39 is 4.92 Å². The monoisotopic (exact) mass is 235 g/mol. The summed E-state index contributed by atoms with van der Waals surface area (Å²) >= 11 is 0. The minimum atomic E-state index is -0.390. The SMILES string of the molecule is Cc1ccc([N+](=O)[O-])c(NC(C)CC2CC2)n1. The average molecular weight is 235 g/mol. The lowest BCUT2D eigenvalue weighted by atomic mass is 10.1. The Morgan fingerprint density at radius 2 is 2.29 bits per heavy atom. The smallest absolute Gasteiger partial charge is 0.311 e. The molecule has 1 fully saturated rings. The highest BCUT2D eigenvalue weighted by Gasteiger charge is 2.25. The van der Waals surface area contributed by atoms with Crippen LogP contribution >= 0.6 is 0 Å². The first-order chi connectivity index (χ1) is 8.06. The maximum absolute atomic E-state index is 10.9. The Labute approximate surface area is 100 Å². The molecular formula is C12H17N3O2. The summed E-state index contributed by atoms with van der Waals surface area (Å²) in [7, 11) is 0. The van der Waals surface area contributed by atoms with Gasteiger partial charge in [0.1, 0.15) is 0 Å². The van der Waals surface area contributed by atoms with Crippen molar-refractivity contribution in [3.8, 4) is 0 Å². The van der Waals surface area contributed by atoms with Gasteiger partial charge in [-0.05, 0) is 32.3 Å². The Balaban J connectivity index is 2.11. The van der Waals surface area contributed by atoms with Crippen molar-refractivity contribution in [2.75, 3.05) is 5.32 Å². The van der Waals surface area contributed by atoms with Crippen molar-refractivity contribution in [1.29, 1.82) is 0 Å². The van der Waals surface area contributed by atoms with Gasteiger partial charge in [0.25, 0.3) is 0 Å². The summed E-state index contributed by atoms with van der Waals surface area (Å²) in [5.74, 6) is 1.18. The molecule has 1 aliphatic rings. The zero-order valence-corrected chi connectivity index (χ0v) is 10.1. The highest BCUT2D eigenvalue weighted by Crippen LogP contribution is 2.34. The molecule has 92 valence electrons. The number of nitro groups is 1. The molecule has 5 heteroatoms. The molecule has 5 nitrogen and oxygen atoms in total. The Kier molecular flexibility index (Phi) is 3.26. The molecule has 1 unspecified atom stereocenters. The number of rotatable bonds is 5. The zero-order chi connectivity index (χ0) is 12.4. The highest BCUT2D eigenvalue weighted by atomic mass is 16.6. The fourth-order valence-electron chi connectivity index (χ4n) is 1.95. The van der Waals surface area contributed by atoms with Crippen molar-refractivity contribution in [3.05, 3.63) is 27.9 Å². The second-order valence-corrected chi connectivity index (χ2v) is 4.80. The van der Waals surface area contributed by atoms with Crippen LogP contribution in [0, 0.1) is 23.0 Å². The van der Waals surface area contributed by atoms with E-state index in [1.807, 2.05) is 13.8 Å². The number of aryl methyl sites for hydroxylation is 1. The van der Waals surface area contributed by atoms with Gasteiger partial charge in [-0.25, -0.2) is 4.98 Å². The number of anilines is 1. The molecule has 0 radical (unpaired) electrons. The van der Waals surface area contributed by atoms with Gasteiger partial charge in [0.2, 0.25) is 5.82 Å². The Bertz CT molecular complexity index is 430. The molecule has 1 atom stereocenters. The normalized spacial score (nSPS) is 16.6. The van der Waals surface area contributed by atoms with Gasteiger partial charge < -0.3 is 5.32 Å². The van der Waals surface area contributed by atoms with Crippen LogP contribution in [0.25, 0.3) is 0 Å².